The van der Waals surface area contributed by atoms with Crippen molar-refractivity contribution in [2.45, 2.75) is 13.1 Å². The summed E-state index contributed by atoms with van der Waals surface area (Å²) in [5, 5.41) is 4.54. The average molecular weight is 528 g/mol. The van der Waals surface area contributed by atoms with Crippen molar-refractivity contribution in [1.82, 2.24) is 28.9 Å². The van der Waals surface area contributed by atoms with Crippen molar-refractivity contribution >= 4 is 46.0 Å². The maximum Gasteiger partial charge on any atom is 0.332 e. The Labute approximate surface area is 217 Å². The van der Waals surface area contributed by atoms with Crippen molar-refractivity contribution in [3.63, 3.8) is 0 Å². The van der Waals surface area contributed by atoms with Crippen LogP contribution in [0.3, 0.4) is 0 Å². The van der Waals surface area contributed by atoms with Gasteiger partial charge in [0, 0.05) is 45.3 Å². The van der Waals surface area contributed by atoms with Gasteiger partial charge in [0.25, 0.3) is 5.56 Å². The molecule has 36 heavy (non-hydrogen) atoms. The van der Waals surface area contributed by atoms with E-state index in [0.29, 0.717) is 66.5 Å². The fourth-order valence-electron chi connectivity index (χ4n) is 4.40. The molecule has 4 heterocycles. The second kappa shape index (κ2) is 9.82. The summed E-state index contributed by atoms with van der Waals surface area (Å²) in [7, 11) is 3.12. The van der Waals surface area contributed by atoms with E-state index in [9.17, 15) is 9.59 Å². The van der Waals surface area contributed by atoms with Crippen molar-refractivity contribution in [1.29, 1.82) is 0 Å². The van der Waals surface area contributed by atoms with Crippen LogP contribution in [0.2, 0.25) is 5.02 Å². The molecule has 1 fully saturated rings. The molecule has 0 spiro atoms. The summed E-state index contributed by atoms with van der Waals surface area (Å²) in [6.07, 6.45) is 1.64. The van der Waals surface area contributed by atoms with Crippen LogP contribution in [0.5, 0.6) is 0 Å². The number of fused-ring (bicyclic) bond motifs is 1. The first-order chi connectivity index (χ1) is 17.3. The molecule has 1 aliphatic rings. The molecule has 3 aromatic heterocycles. The van der Waals surface area contributed by atoms with E-state index >= 15 is 0 Å². The zero-order valence-corrected chi connectivity index (χ0v) is 21.6. The number of aryl methyl sites for hydroxylation is 1. The Morgan fingerprint density at radius 2 is 1.81 bits per heavy atom. The number of piperazine rings is 1. The molecular weight excluding hydrogens is 502 g/mol. The fourth-order valence-corrected chi connectivity index (χ4v) is 4.78. The minimum absolute atomic E-state index is 0.366. The number of hydrogen-bond donors (Lipinski definition) is 1. The second-order valence-corrected chi connectivity index (χ2v) is 9.54. The number of hydrogen-bond acceptors (Lipinski definition) is 6. The van der Waals surface area contributed by atoms with Crippen molar-refractivity contribution < 1.29 is 4.42 Å². The summed E-state index contributed by atoms with van der Waals surface area (Å²) in [5.41, 5.74) is 0.946. The number of halogens is 1. The normalized spacial score (nSPS) is 14.0. The van der Waals surface area contributed by atoms with Crippen molar-refractivity contribution in [2.24, 2.45) is 14.1 Å². The van der Waals surface area contributed by atoms with Crippen LogP contribution in [0.1, 0.15) is 11.3 Å². The van der Waals surface area contributed by atoms with Gasteiger partial charge in [-0.15, -0.1) is 0 Å². The van der Waals surface area contributed by atoms with E-state index in [2.05, 4.69) is 15.1 Å². The molecule has 1 aromatic carbocycles. The number of rotatable bonds is 5. The van der Waals surface area contributed by atoms with Crippen LogP contribution in [0.4, 0.5) is 5.95 Å². The number of thiocarbonyl (C=S) groups is 1. The molecule has 12 heteroatoms. The van der Waals surface area contributed by atoms with Gasteiger partial charge in [0.15, 0.2) is 16.3 Å². The largest absolute Gasteiger partial charge is 0.467 e. The van der Waals surface area contributed by atoms with Crippen LogP contribution >= 0.6 is 23.8 Å². The number of anilines is 1. The molecule has 0 radical (unpaired) electrons. The van der Waals surface area contributed by atoms with Gasteiger partial charge in [-0.05, 0) is 42.0 Å². The monoisotopic (exact) mass is 527 g/mol. The molecule has 0 bridgehead atoms. The average Bonchev–Trinajstić information content (AvgIpc) is 3.54. The summed E-state index contributed by atoms with van der Waals surface area (Å²) < 4.78 is 9.79. The van der Waals surface area contributed by atoms with Gasteiger partial charge in [-0.1, -0.05) is 23.7 Å². The third kappa shape index (κ3) is 4.51. The summed E-state index contributed by atoms with van der Waals surface area (Å²) in [6, 6.07) is 11.2. The molecule has 5 rings (SSSR count). The van der Waals surface area contributed by atoms with Crippen LogP contribution in [0.15, 0.2) is 56.7 Å². The van der Waals surface area contributed by atoms with Gasteiger partial charge >= 0.3 is 5.69 Å². The van der Waals surface area contributed by atoms with Gasteiger partial charge < -0.3 is 19.5 Å². The van der Waals surface area contributed by atoms with Crippen molar-refractivity contribution in [3.05, 3.63) is 79.8 Å². The van der Waals surface area contributed by atoms with Crippen LogP contribution in [0.25, 0.3) is 11.2 Å². The maximum absolute atomic E-state index is 13.2. The van der Waals surface area contributed by atoms with E-state index in [-0.39, 0.29) is 5.56 Å². The number of aromatic nitrogens is 4. The Balaban J connectivity index is 1.43. The molecule has 4 aromatic rings. The van der Waals surface area contributed by atoms with Gasteiger partial charge in [-0.25, -0.2) is 4.79 Å². The predicted octanol–water partition coefficient (Wildman–Crippen LogP) is 1.93. The van der Waals surface area contributed by atoms with Crippen LogP contribution in [-0.2, 0) is 27.2 Å². The smallest absolute Gasteiger partial charge is 0.332 e. The quantitative estimate of drug-likeness (QED) is 0.394. The first-order valence-electron chi connectivity index (χ1n) is 11.5. The summed E-state index contributed by atoms with van der Waals surface area (Å²) in [5.74, 6) is 1.46. The third-order valence-electron chi connectivity index (χ3n) is 6.43. The molecule has 1 saturated heterocycles. The molecule has 188 valence electrons. The van der Waals surface area contributed by atoms with E-state index in [1.807, 2.05) is 41.0 Å². The molecule has 0 unspecified atom stereocenters. The molecule has 1 aliphatic heterocycles. The lowest BCUT2D eigenvalue weighted by Gasteiger charge is -2.36. The molecular formula is C24H26ClN7O3S. The number of nitrogens with one attached hydrogen (secondary N) is 1. The van der Waals surface area contributed by atoms with Crippen molar-refractivity contribution in [3.8, 4) is 0 Å². The highest BCUT2D eigenvalue weighted by Gasteiger charge is 2.26. The van der Waals surface area contributed by atoms with E-state index in [1.165, 1.54) is 11.6 Å². The summed E-state index contributed by atoms with van der Waals surface area (Å²) >= 11 is 11.7. The van der Waals surface area contributed by atoms with Crippen LogP contribution < -0.4 is 21.5 Å². The van der Waals surface area contributed by atoms with E-state index < -0.39 is 5.69 Å². The highest BCUT2D eigenvalue weighted by atomic mass is 35.5. The molecule has 0 atom stereocenters. The molecule has 10 nitrogen and oxygen atoms in total. The molecule has 0 saturated carbocycles. The standard InChI is InChI=1S/C24H26ClN7O3S/c1-28-20-19(21(33)29(2)24(28)34)32(15-16-5-7-17(25)8-6-16)22(27-20)30-9-11-31(12-10-30)23(36)26-14-18-4-3-13-35-18/h3-8,13H,9-12,14-15H2,1-2H3,(H,26,36). The zero-order chi connectivity index (χ0) is 25.4. The third-order valence-corrected chi connectivity index (χ3v) is 7.08. The summed E-state index contributed by atoms with van der Waals surface area (Å²) in [4.78, 5) is 34.8. The van der Waals surface area contributed by atoms with E-state index in [1.54, 1.807) is 13.3 Å². The highest BCUT2D eigenvalue weighted by molar-refractivity contribution is 7.80. The van der Waals surface area contributed by atoms with Gasteiger partial charge in [-0.3, -0.25) is 18.5 Å². The predicted molar refractivity (Wildman–Crippen MR) is 143 cm³/mol. The Morgan fingerprint density at radius 3 is 2.47 bits per heavy atom. The second-order valence-electron chi connectivity index (χ2n) is 8.71. The first kappa shape index (κ1) is 24.1. The topological polar surface area (TPSA) is 93.5 Å². The first-order valence-corrected chi connectivity index (χ1v) is 12.3. The SMILES string of the molecule is Cn1c(=O)c2c(nc(N3CCN(C(=S)NCc4ccco4)CC3)n2Cc2ccc(Cl)cc2)n(C)c1=O. The Morgan fingerprint density at radius 1 is 1.08 bits per heavy atom. The van der Waals surface area contributed by atoms with E-state index in [4.69, 9.17) is 33.2 Å². The lowest BCUT2D eigenvalue weighted by Crippen LogP contribution is -2.52. The highest BCUT2D eigenvalue weighted by Crippen LogP contribution is 2.23. The Kier molecular flexibility index (Phi) is 6.59. The van der Waals surface area contributed by atoms with Gasteiger partial charge in [0.05, 0.1) is 19.4 Å². The number of nitrogens with zero attached hydrogens (tertiary/aromatic N) is 6. The molecule has 1 N–H and O–H groups in total. The van der Waals surface area contributed by atoms with E-state index in [0.717, 1.165) is 15.9 Å². The molecule has 0 aliphatic carbocycles. The van der Waals surface area contributed by atoms with Gasteiger partial charge in [0.2, 0.25) is 5.95 Å². The maximum atomic E-state index is 13.2. The van der Waals surface area contributed by atoms with Crippen LogP contribution in [0, 0.1) is 0 Å². The minimum atomic E-state index is -0.409. The van der Waals surface area contributed by atoms with Gasteiger partial charge in [0.1, 0.15) is 5.76 Å². The Bertz CT molecular complexity index is 1510. The number of imidazole rings is 1. The Hall–Kier alpha value is -3.57. The fraction of sp³-hybridized carbons (Fsp3) is 0.333. The van der Waals surface area contributed by atoms with Crippen molar-refractivity contribution in [2.75, 3.05) is 31.1 Å². The lowest BCUT2D eigenvalue weighted by molar-refractivity contribution is 0.373. The van der Waals surface area contributed by atoms with Gasteiger partial charge in [-0.2, -0.15) is 4.98 Å². The minimum Gasteiger partial charge on any atom is -0.467 e. The molecule has 0 amide bonds. The lowest BCUT2D eigenvalue weighted by atomic mass is 10.2. The number of furan rings is 1. The summed E-state index contributed by atoms with van der Waals surface area (Å²) in [6.45, 7) is 3.62. The number of benzene rings is 1. The van der Waals surface area contributed by atoms with Crippen LogP contribution in [-0.4, -0.2) is 54.9 Å². The zero-order valence-electron chi connectivity index (χ0n) is 20.0.